The first-order valence-electron chi connectivity index (χ1n) is 18.6. The first-order valence-corrected chi connectivity index (χ1v) is 18.6. The molecule has 3 rings (SSSR count). The SMILES string of the molecule is COC1(C)CC(O[C@H]2[C@H](C)[C@@H](OC3OC(C)CC(N(C)C)C3O)[C@@](C)(O)C[C@@H](C)N(C)C[C@H](C)[C@@H](O)[C@](C)(O)[C@@H](C)OC(=O)[C@@H]2C)OC(C)C1O. The fourth-order valence-corrected chi connectivity index (χ4v) is 8.23. The molecule has 51 heavy (non-hydrogen) atoms. The summed E-state index contributed by atoms with van der Waals surface area (Å²) in [5, 5.41) is 57.7. The highest BCUT2D eigenvalue weighted by molar-refractivity contribution is 5.73. The summed E-state index contributed by atoms with van der Waals surface area (Å²) < 4.78 is 37.3. The molecule has 3 saturated heterocycles. The van der Waals surface area contributed by atoms with E-state index in [0.717, 1.165) is 0 Å². The number of hydrogen-bond acceptors (Lipinski definition) is 14. The third-order valence-electron chi connectivity index (χ3n) is 12.1. The van der Waals surface area contributed by atoms with Crippen molar-refractivity contribution in [2.75, 3.05) is 34.8 Å². The van der Waals surface area contributed by atoms with E-state index in [1.807, 2.05) is 58.6 Å². The molecule has 0 spiro atoms. The Morgan fingerprint density at radius 3 is 2.08 bits per heavy atom. The number of nitrogens with zero attached hydrogens (tertiary/aromatic N) is 2. The molecule has 0 bridgehead atoms. The first kappa shape index (κ1) is 44.4. The Labute approximate surface area is 305 Å². The number of likely N-dealkylation sites (N-methyl/N-ethyl adjacent to an activating group) is 1. The van der Waals surface area contributed by atoms with Gasteiger partial charge in [-0.2, -0.15) is 0 Å². The lowest BCUT2D eigenvalue weighted by Gasteiger charge is -2.49. The molecule has 0 amide bonds. The van der Waals surface area contributed by atoms with Crippen molar-refractivity contribution in [2.45, 2.75) is 179 Å². The van der Waals surface area contributed by atoms with Gasteiger partial charge in [0.05, 0.1) is 47.6 Å². The molecule has 0 aromatic rings. The number of carbonyl (C=O) groups is 1. The molecule has 0 saturated carbocycles. The number of rotatable bonds is 6. The molecule has 8 unspecified atom stereocenters. The van der Waals surface area contributed by atoms with Gasteiger partial charge in [-0.15, -0.1) is 0 Å². The van der Waals surface area contributed by atoms with Gasteiger partial charge in [-0.25, -0.2) is 0 Å². The normalized spacial score (nSPS) is 50.4. The van der Waals surface area contributed by atoms with E-state index in [1.165, 1.54) is 14.0 Å². The second kappa shape index (κ2) is 17.2. The molecule has 3 fully saturated rings. The molecule has 0 aromatic carbocycles. The maximum Gasteiger partial charge on any atom is 0.311 e. The summed E-state index contributed by atoms with van der Waals surface area (Å²) in [4.78, 5) is 18.0. The predicted molar refractivity (Wildman–Crippen MR) is 190 cm³/mol. The minimum absolute atomic E-state index is 0.130. The smallest absolute Gasteiger partial charge is 0.311 e. The van der Waals surface area contributed by atoms with E-state index in [4.69, 9.17) is 28.4 Å². The molecular weight excluding hydrogens is 664 g/mol. The quantitative estimate of drug-likeness (QED) is 0.248. The molecule has 5 N–H and O–H groups in total. The van der Waals surface area contributed by atoms with Crippen LogP contribution in [0.4, 0.5) is 0 Å². The van der Waals surface area contributed by atoms with Gasteiger partial charge >= 0.3 is 5.97 Å². The number of ether oxygens (including phenoxy) is 6. The maximum absolute atomic E-state index is 14.0. The first-order chi connectivity index (χ1) is 23.4. The van der Waals surface area contributed by atoms with Crippen LogP contribution in [-0.2, 0) is 33.2 Å². The topological polar surface area (TPSA) is 180 Å². The van der Waals surface area contributed by atoms with Crippen molar-refractivity contribution in [3.05, 3.63) is 0 Å². The molecule has 3 aliphatic heterocycles. The number of hydrogen-bond donors (Lipinski definition) is 5. The minimum Gasteiger partial charge on any atom is -0.459 e. The number of esters is 1. The van der Waals surface area contributed by atoms with Crippen LogP contribution >= 0.6 is 0 Å². The van der Waals surface area contributed by atoms with Crippen molar-refractivity contribution in [1.29, 1.82) is 0 Å². The summed E-state index contributed by atoms with van der Waals surface area (Å²) in [6, 6.07) is -0.517. The highest BCUT2D eigenvalue weighted by Gasteiger charge is 2.52. The number of cyclic esters (lactones) is 1. The van der Waals surface area contributed by atoms with E-state index in [1.54, 1.807) is 34.6 Å². The Hall–Kier alpha value is -1.01. The van der Waals surface area contributed by atoms with Gasteiger partial charge in [0.1, 0.15) is 23.9 Å². The van der Waals surface area contributed by atoms with Crippen LogP contribution in [0.5, 0.6) is 0 Å². The van der Waals surface area contributed by atoms with Crippen LogP contribution in [0.25, 0.3) is 0 Å². The molecule has 0 aliphatic carbocycles. The van der Waals surface area contributed by atoms with Crippen LogP contribution in [0.3, 0.4) is 0 Å². The molecule has 14 nitrogen and oxygen atoms in total. The number of methoxy groups -OCH3 is 1. The highest BCUT2D eigenvalue weighted by Crippen LogP contribution is 2.39. The summed E-state index contributed by atoms with van der Waals surface area (Å²) in [5.74, 6) is -2.90. The highest BCUT2D eigenvalue weighted by atomic mass is 16.7. The fraction of sp³-hybridized carbons (Fsp3) is 0.973. The lowest BCUT2D eigenvalue weighted by molar-refractivity contribution is -0.318. The monoisotopic (exact) mass is 734 g/mol. The summed E-state index contributed by atoms with van der Waals surface area (Å²) in [6.45, 7) is 17.6. The fourth-order valence-electron chi connectivity index (χ4n) is 8.23. The van der Waals surface area contributed by atoms with Crippen molar-refractivity contribution in [3.63, 3.8) is 0 Å². The van der Waals surface area contributed by atoms with Crippen LogP contribution < -0.4 is 0 Å². The van der Waals surface area contributed by atoms with Gasteiger partial charge in [-0.3, -0.25) is 4.79 Å². The summed E-state index contributed by atoms with van der Waals surface area (Å²) in [5.41, 5.74) is -4.38. The van der Waals surface area contributed by atoms with Gasteiger partial charge in [0.2, 0.25) is 0 Å². The molecule has 0 aromatic heterocycles. The van der Waals surface area contributed by atoms with Crippen LogP contribution in [0, 0.1) is 17.8 Å². The van der Waals surface area contributed by atoms with E-state index in [-0.39, 0.29) is 31.0 Å². The zero-order chi connectivity index (χ0) is 39.0. The summed E-state index contributed by atoms with van der Waals surface area (Å²) >= 11 is 0. The second-order valence-corrected chi connectivity index (χ2v) is 16.9. The Bertz CT molecular complexity index is 1130. The van der Waals surface area contributed by atoms with Gasteiger partial charge in [0.15, 0.2) is 12.6 Å². The van der Waals surface area contributed by atoms with Gasteiger partial charge in [-0.1, -0.05) is 13.8 Å². The standard InChI is InChI=1S/C37H70N2O12/c1-19-18-39(13)20(2)16-35(8,44)32(51-34-28(40)26(38(11)12)15-21(3)47-34)22(4)29(23(5)33(43)49-25(7)37(10,45)30(19)41)50-27-17-36(9,46-14)31(42)24(6)48-27/h19-32,34,40-42,44-45H,15-18H2,1-14H3/t19-,20+,21?,22-,23+,24?,25+,26?,27?,28?,29-,30+,31?,32+,34?,35-,36?,37+/m0/s1. The van der Waals surface area contributed by atoms with Gasteiger partial charge in [-0.05, 0) is 95.3 Å². The Kier molecular flexibility index (Phi) is 15.0. The lowest BCUT2D eigenvalue weighted by Crippen LogP contribution is -2.60. The van der Waals surface area contributed by atoms with Gasteiger partial charge in [0.25, 0.3) is 0 Å². The van der Waals surface area contributed by atoms with Crippen molar-refractivity contribution >= 4 is 5.97 Å². The Morgan fingerprint density at radius 2 is 1.51 bits per heavy atom. The average Bonchev–Trinajstić information content (AvgIpc) is 3.04. The van der Waals surface area contributed by atoms with E-state index in [0.29, 0.717) is 13.0 Å². The Balaban J connectivity index is 2.16. The average molecular weight is 735 g/mol. The molecule has 3 aliphatic rings. The third kappa shape index (κ3) is 10.0. The van der Waals surface area contributed by atoms with Gasteiger partial charge < -0.3 is 63.8 Å². The van der Waals surface area contributed by atoms with E-state index < -0.39 is 95.8 Å². The maximum atomic E-state index is 14.0. The zero-order valence-electron chi connectivity index (χ0n) is 33.5. The number of carbonyl (C=O) groups excluding carboxylic acids is 1. The largest absolute Gasteiger partial charge is 0.459 e. The summed E-state index contributed by atoms with van der Waals surface area (Å²) in [7, 11) is 7.15. The molecule has 3 heterocycles. The van der Waals surface area contributed by atoms with Crippen molar-refractivity contribution in [2.24, 2.45) is 17.8 Å². The number of aliphatic hydroxyl groups is 5. The molecule has 0 radical (unpaired) electrons. The summed E-state index contributed by atoms with van der Waals surface area (Å²) in [6.07, 6.45) is -8.49. The van der Waals surface area contributed by atoms with Crippen molar-refractivity contribution in [1.82, 2.24) is 9.80 Å². The van der Waals surface area contributed by atoms with Crippen molar-refractivity contribution < 1.29 is 58.7 Å². The van der Waals surface area contributed by atoms with Crippen molar-refractivity contribution in [3.8, 4) is 0 Å². The van der Waals surface area contributed by atoms with E-state index in [9.17, 15) is 30.3 Å². The van der Waals surface area contributed by atoms with Crippen LogP contribution in [-0.4, -0.2) is 166 Å². The predicted octanol–water partition coefficient (Wildman–Crippen LogP) is 1.51. The second-order valence-electron chi connectivity index (χ2n) is 16.9. The van der Waals surface area contributed by atoms with Crippen LogP contribution in [0.2, 0.25) is 0 Å². The van der Waals surface area contributed by atoms with E-state index in [2.05, 4.69) is 0 Å². The van der Waals surface area contributed by atoms with E-state index >= 15 is 0 Å². The van der Waals surface area contributed by atoms with Crippen LogP contribution in [0.1, 0.15) is 88.5 Å². The molecule has 300 valence electrons. The third-order valence-corrected chi connectivity index (χ3v) is 12.1. The minimum atomic E-state index is -1.79. The number of aliphatic hydroxyl groups excluding tert-OH is 3. The molecule has 18 atom stereocenters. The van der Waals surface area contributed by atoms with Crippen LogP contribution in [0.15, 0.2) is 0 Å². The zero-order valence-corrected chi connectivity index (χ0v) is 33.5. The van der Waals surface area contributed by atoms with Gasteiger partial charge in [0, 0.05) is 38.1 Å². The Morgan fingerprint density at radius 1 is 0.902 bits per heavy atom. The molecular formula is C37H70N2O12. The lowest BCUT2D eigenvalue weighted by atomic mass is 9.78. The molecule has 14 heteroatoms.